The second-order valence-electron chi connectivity index (χ2n) is 3.52. The van der Waals surface area contributed by atoms with Gasteiger partial charge in [0.2, 0.25) is 0 Å². The molecule has 4 heteroatoms. The minimum absolute atomic E-state index is 0.332. The van der Waals surface area contributed by atoms with Gasteiger partial charge in [-0.05, 0) is 31.2 Å². The molecule has 0 radical (unpaired) electrons. The van der Waals surface area contributed by atoms with E-state index in [0.717, 1.165) is 9.92 Å². The van der Waals surface area contributed by atoms with Crippen molar-refractivity contribution < 1.29 is 9.53 Å². The van der Waals surface area contributed by atoms with E-state index in [0.29, 0.717) is 12.2 Å². The minimum atomic E-state index is -0.332. The largest absolute Gasteiger partial charge is 0.462 e. The number of carbonyl (C=O) groups excluding carboxylic acids is 1. The molecule has 0 N–H and O–H groups in total. The van der Waals surface area contributed by atoms with Gasteiger partial charge in [0.15, 0.2) is 0 Å². The summed E-state index contributed by atoms with van der Waals surface area (Å²) in [6.45, 7) is 2.16. The Morgan fingerprint density at radius 1 is 1.22 bits per heavy atom. The third-order valence-corrected chi connectivity index (χ3v) is 3.17. The molecule has 0 aliphatic rings. The zero-order chi connectivity index (χ0) is 12.8. The summed E-state index contributed by atoms with van der Waals surface area (Å²) >= 11 is 1.56. The number of hydrogen-bond donors (Lipinski definition) is 0. The topological polar surface area (TPSA) is 39.2 Å². The Morgan fingerprint density at radius 3 is 2.61 bits per heavy atom. The summed E-state index contributed by atoms with van der Waals surface area (Å²) < 4.78 is 4.90. The number of hydrogen-bond acceptors (Lipinski definition) is 4. The van der Waals surface area contributed by atoms with Crippen molar-refractivity contribution in [3.8, 4) is 0 Å². The van der Waals surface area contributed by atoms with E-state index in [1.54, 1.807) is 30.9 Å². The van der Waals surface area contributed by atoms with Crippen molar-refractivity contribution in [2.45, 2.75) is 16.8 Å². The van der Waals surface area contributed by atoms with Crippen molar-refractivity contribution in [2.24, 2.45) is 0 Å². The Morgan fingerprint density at radius 2 is 2.00 bits per heavy atom. The SMILES string of the molecule is CCOC(=O)c1ccc(Sc2ccccc2)nc1. The molecule has 18 heavy (non-hydrogen) atoms. The van der Waals surface area contributed by atoms with Gasteiger partial charge in [-0.1, -0.05) is 30.0 Å². The predicted molar refractivity (Wildman–Crippen MR) is 70.8 cm³/mol. The summed E-state index contributed by atoms with van der Waals surface area (Å²) in [5, 5.41) is 0.856. The number of pyridine rings is 1. The summed E-state index contributed by atoms with van der Waals surface area (Å²) in [6.07, 6.45) is 1.54. The lowest BCUT2D eigenvalue weighted by Crippen LogP contribution is -2.04. The number of rotatable bonds is 4. The van der Waals surface area contributed by atoms with Gasteiger partial charge >= 0.3 is 5.97 Å². The molecule has 1 heterocycles. The Balaban J connectivity index is 2.06. The lowest BCUT2D eigenvalue weighted by Gasteiger charge is -2.03. The Hall–Kier alpha value is -1.81. The van der Waals surface area contributed by atoms with Gasteiger partial charge in [-0.15, -0.1) is 0 Å². The normalized spacial score (nSPS) is 10.1. The summed E-state index contributed by atoms with van der Waals surface area (Å²) in [5.41, 5.74) is 0.481. The number of nitrogens with zero attached hydrogens (tertiary/aromatic N) is 1. The second kappa shape index (κ2) is 6.21. The van der Waals surface area contributed by atoms with Crippen molar-refractivity contribution in [1.29, 1.82) is 0 Å². The lowest BCUT2D eigenvalue weighted by molar-refractivity contribution is 0.0525. The third kappa shape index (κ3) is 3.34. The highest BCUT2D eigenvalue weighted by Gasteiger charge is 2.06. The average molecular weight is 259 g/mol. The smallest absolute Gasteiger partial charge is 0.339 e. The van der Waals surface area contributed by atoms with Gasteiger partial charge in [0.25, 0.3) is 0 Å². The number of benzene rings is 1. The van der Waals surface area contributed by atoms with Crippen LogP contribution >= 0.6 is 11.8 Å². The molecule has 0 spiro atoms. The molecule has 0 aliphatic carbocycles. The van der Waals surface area contributed by atoms with Crippen LogP contribution in [-0.4, -0.2) is 17.6 Å². The van der Waals surface area contributed by atoms with E-state index in [9.17, 15) is 4.79 Å². The molecule has 0 amide bonds. The second-order valence-corrected chi connectivity index (χ2v) is 4.61. The van der Waals surface area contributed by atoms with Crippen LogP contribution in [0.1, 0.15) is 17.3 Å². The Bertz CT molecular complexity index is 511. The van der Waals surface area contributed by atoms with Crippen LogP contribution in [0, 0.1) is 0 Å². The van der Waals surface area contributed by atoms with E-state index >= 15 is 0 Å². The van der Waals surface area contributed by atoms with Crippen LogP contribution in [0.2, 0.25) is 0 Å². The van der Waals surface area contributed by atoms with Crippen molar-refractivity contribution in [1.82, 2.24) is 4.98 Å². The fourth-order valence-corrected chi connectivity index (χ4v) is 2.16. The summed E-state index contributed by atoms with van der Waals surface area (Å²) in [5.74, 6) is -0.332. The van der Waals surface area contributed by atoms with E-state index in [1.807, 2.05) is 36.4 Å². The maximum atomic E-state index is 11.4. The first-order valence-corrected chi connectivity index (χ1v) is 6.47. The predicted octanol–water partition coefficient (Wildman–Crippen LogP) is 3.41. The molecule has 0 fully saturated rings. The molecular formula is C14H13NO2S. The van der Waals surface area contributed by atoms with Crippen LogP contribution < -0.4 is 0 Å². The maximum Gasteiger partial charge on any atom is 0.339 e. The zero-order valence-corrected chi connectivity index (χ0v) is 10.8. The molecule has 0 aliphatic heterocycles. The number of carbonyl (C=O) groups is 1. The van der Waals surface area contributed by atoms with Crippen molar-refractivity contribution >= 4 is 17.7 Å². The fraction of sp³-hybridized carbons (Fsp3) is 0.143. The first kappa shape index (κ1) is 12.6. The van der Waals surface area contributed by atoms with Crippen molar-refractivity contribution in [3.63, 3.8) is 0 Å². The Kier molecular flexibility index (Phi) is 4.36. The Labute approximate surface area is 110 Å². The van der Waals surface area contributed by atoms with Gasteiger partial charge in [-0.2, -0.15) is 0 Å². The van der Waals surface area contributed by atoms with Crippen LogP contribution in [0.5, 0.6) is 0 Å². The molecule has 0 saturated heterocycles. The summed E-state index contributed by atoms with van der Waals surface area (Å²) in [7, 11) is 0. The highest BCUT2D eigenvalue weighted by atomic mass is 32.2. The number of aromatic nitrogens is 1. The zero-order valence-electron chi connectivity index (χ0n) is 10.00. The highest BCUT2D eigenvalue weighted by Crippen LogP contribution is 2.25. The van der Waals surface area contributed by atoms with Gasteiger partial charge in [0, 0.05) is 11.1 Å². The first-order valence-electron chi connectivity index (χ1n) is 5.65. The quantitative estimate of drug-likeness (QED) is 0.789. The molecule has 0 saturated carbocycles. The number of ether oxygens (including phenoxy) is 1. The summed E-state index contributed by atoms with van der Waals surface area (Å²) in [4.78, 5) is 16.8. The monoisotopic (exact) mass is 259 g/mol. The molecule has 92 valence electrons. The van der Waals surface area contributed by atoms with Crippen LogP contribution in [0.3, 0.4) is 0 Å². The van der Waals surface area contributed by atoms with Crippen LogP contribution in [0.15, 0.2) is 58.6 Å². The molecule has 0 unspecified atom stereocenters. The molecule has 2 aromatic rings. The van der Waals surface area contributed by atoms with Gasteiger partial charge < -0.3 is 4.74 Å². The molecular weight excluding hydrogens is 246 g/mol. The fourth-order valence-electron chi connectivity index (χ4n) is 1.39. The van der Waals surface area contributed by atoms with E-state index in [1.165, 1.54) is 0 Å². The molecule has 3 nitrogen and oxygen atoms in total. The first-order chi connectivity index (χ1) is 8.79. The van der Waals surface area contributed by atoms with Crippen LogP contribution in [0.4, 0.5) is 0 Å². The number of esters is 1. The van der Waals surface area contributed by atoms with Gasteiger partial charge in [0.05, 0.1) is 12.2 Å². The van der Waals surface area contributed by atoms with E-state index in [-0.39, 0.29) is 5.97 Å². The molecule has 1 aromatic carbocycles. The van der Waals surface area contributed by atoms with E-state index < -0.39 is 0 Å². The van der Waals surface area contributed by atoms with Gasteiger partial charge in [-0.25, -0.2) is 9.78 Å². The van der Waals surface area contributed by atoms with E-state index in [4.69, 9.17) is 4.74 Å². The van der Waals surface area contributed by atoms with Crippen LogP contribution in [0.25, 0.3) is 0 Å². The highest BCUT2D eigenvalue weighted by molar-refractivity contribution is 7.99. The summed E-state index contributed by atoms with van der Waals surface area (Å²) in [6, 6.07) is 13.5. The van der Waals surface area contributed by atoms with Gasteiger partial charge in [0.1, 0.15) is 5.03 Å². The average Bonchev–Trinajstić information content (AvgIpc) is 2.41. The van der Waals surface area contributed by atoms with Crippen LogP contribution in [-0.2, 0) is 4.74 Å². The lowest BCUT2D eigenvalue weighted by atomic mass is 10.3. The molecule has 0 bridgehead atoms. The standard InChI is InChI=1S/C14H13NO2S/c1-2-17-14(16)11-8-9-13(15-10-11)18-12-6-4-3-5-7-12/h3-10H,2H2,1H3. The minimum Gasteiger partial charge on any atom is -0.462 e. The molecule has 0 atom stereocenters. The van der Waals surface area contributed by atoms with Gasteiger partial charge in [-0.3, -0.25) is 0 Å². The third-order valence-electron chi connectivity index (χ3n) is 2.21. The molecule has 2 rings (SSSR count). The van der Waals surface area contributed by atoms with Crippen molar-refractivity contribution in [3.05, 3.63) is 54.2 Å². The van der Waals surface area contributed by atoms with Crippen molar-refractivity contribution in [2.75, 3.05) is 6.61 Å². The molecule has 1 aromatic heterocycles. The maximum absolute atomic E-state index is 11.4. The van der Waals surface area contributed by atoms with E-state index in [2.05, 4.69) is 4.98 Å².